The highest BCUT2D eigenvalue weighted by molar-refractivity contribution is 5.94. The van der Waals surface area contributed by atoms with E-state index in [0.717, 1.165) is 12.8 Å². The van der Waals surface area contributed by atoms with Crippen molar-refractivity contribution in [2.45, 2.75) is 18.8 Å². The van der Waals surface area contributed by atoms with E-state index in [-0.39, 0.29) is 23.5 Å². The number of rotatable bonds is 4. The van der Waals surface area contributed by atoms with E-state index in [1.54, 1.807) is 41.4 Å². The lowest BCUT2D eigenvalue weighted by Crippen LogP contribution is -2.39. The van der Waals surface area contributed by atoms with Gasteiger partial charge in [-0.05, 0) is 37.1 Å². The Labute approximate surface area is 167 Å². The zero-order valence-electron chi connectivity index (χ0n) is 15.7. The molecule has 0 saturated carbocycles. The molecule has 29 heavy (non-hydrogen) atoms. The maximum atomic E-state index is 14.0. The third-order valence-corrected chi connectivity index (χ3v) is 4.86. The Balaban J connectivity index is 1.55. The highest BCUT2D eigenvalue weighted by Crippen LogP contribution is 2.33. The van der Waals surface area contributed by atoms with Crippen LogP contribution in [0.25, 0.3) is 0 Å². The Kier molecular flexibility index (Phi) is 5.33. The van der Waals surface area contributed by atoms with Gasteiger partial charge in [0.1, 0.15) is 11.5 Å². The fraction of sp³-hybridized carbons (Fsp3) is 0.238. The van der Waals surface area contributed by atoms with Crippen LogP contribution in [0.3, 0.4) is 0 Å². The van der Waals surface area contributed by atoms with Crippen LogP contribution in [0.5, 0.6) is 11.6 Å². The summed E-state index contributed by atoms with van der Waals surface area (Å²) in [7, 11) is 0. The highest BCUT2D eigenvalue weighted by atomic mass is 19.1. The number of benzene rings is 1. The number of anilines is 1. The minimum absolute atomic E-state index is 0.0649. The third kappa shape index (κ3) is 4.16. The van der Waals surface area contributed by atoms with Crippen molar-refractivity contribution in [3.63, 3.8) is 0 Å². The summed E-state index contributed by atoms with van der Waals surface area (Å²) in [5.74, 6) is 0.0672. The molecule has 1 amide bonds. The first-order valence-corrected chi connectivity index (χ1v) is 9.36. The molecule has 0 radical (unpaired) electrons. The fourth-order valence-electron chi connectivity index (χ4n) is 3.43. The molecule has 148 valence electrons. The van der Waals surface area contributed by atoms with Gasteiger partial charge in [-0.15, -0.1) is 0 Å². The molecule has 7 nitrogen and oxygen atoms in total. The average Bonchev–Trinajstić information content (AvgIpc) is 2.76. The number of nitrogens with two attached hydrogens (primary N) is 1. The lowest BCUT2D eigenvalue weighted by atomic mass is 9.94. The number of halogens is 1. The summed E-state index contributed by atoms with van der Waals surface area (Å²) in [6, 6.07) is 9.43. The number of pyridine rings is 1. The Morgan fingerprint density at radius 2 is 1.97 bits per heavy atom. The second kappa shape index (κ2) is 8.22. The number of nitrogen functional groups attached to an aromatic ring is 1. The molecule has 1 aromatic carbocycles. The van der Waals surface area contributed by atoms with Crippen molar-refractivity contribution < 1.29 is 13.9 Å². The molecule has 8 heteroatoms. The topological polar surface area (TPSA) is 94.2 Å². The summed E-state index contributed by atoms with van der Waals surface area (Å²) in [5, 5.41) is 0. The van der Waals surface area contributed by atoms with Gasteiger partial charge in [0.05, 0.1) is 5.56 Å². The van der Waals surface area contributed by atoms with Gasteiger partial charge in [0.2, 0.25) is 5.88 Å². The zero-order chi connectivity index (χ0) is 20.2. The standard InChI is InChI=1S/C21H20FN5O2/c22-16-5-1-2-6-17(16)29-20-19(24-9-10-25-20)15-4-3-11-27(13-15)21(28)14-7-8-18(23)26-12-14/h1-2,5-10,12,15H,3-4,11,13H2,(H2,23,26)/t15-/m0/s1. The second-order valence-electron chi connectivity index (χ2n) is 6.84. The second-order valence-corrected chi connectivity index (χ2v) is 6.84. The molecule has 0 aliphatic carbocycles. The van der Waals surface area contributed by atoms with Gasteiger partial charge in [-0.1, -0.05) is 12.1 Å². The van der Waals surface area contributed by atoms with Crippen molar-refractivity contribution >= 4 is 11.7 Å². The number of nitrogens with zero attached hydrogens (tertiary/aromatic N) is 4. The SMILES string of the molecule is Nc1ccc(C(=O)N2CCC[C@H](c3nccnc3Oc3ccccc3F)C2)cn1. The Morgan fingerprint density at radius 3 is 2.76 bits per heavy atom. The van der Waals surface area contributed by atoms with Crippen LogP contribution < -0.4 is 10.5 Å². The van der Waals surface area contributed by atoms with E-state index in [2.05, 4.69) is 15.0 Å². The smallest absolute Gasteiger partial charge is 0.255 e. The maximum absolute atomic E-state index is 14.0. The van der Waals surface area contributed by atoms with Crippen molar-refractivity contribution in [3.8, 4) is 11.6 Å². The van der Waals surface area contributed by atoms with E-state index >= 15 is 0 Å². The quantitative estimate of drug-likeness (QED) is 0.730. The number of hydrogen-bond acceptors (Lipinski definition) is 6. The fourth-order valence-corrected chi connectivity index (χ4v) is 3.43. The first kappa shape index (κ1) is 18.8. The van der Waals surface area contributed by atoms with E-state index in [1.807, 2.05) is 0 Å². The predicted octanol–water partition coefficient (Wildman–Crippen LogP) is 3.41. The normalized spacial score (nSPS) is 16.4. The third-order valence-electron chi connectivity index (χ3n) is 4.86. The van der Waals surface area contributed by atoms with E-state index in [4.69, 9.17) is 10.5 Å². The van der Waals surface area contributed by atoms with Gasteiger partial charge in [-0.25, -0.2) is 14.4 Å². The molecule has 3 heterocycles. The molecule has 1 aliphatic rings. The van der Waals surface area contributed by atoms with Crippen LogP contribution >= 0.6 is 0 Å². The van der Waals surface area contributed by atoms with Crippen LogP contribution in [0.2, 0.25) is 0 Å². The molecule has 1 atom stereocenters. The average molecular weight is 393 g/mol. The largest absolute Gasteiger partial charge is 0.434 e. The number of amides is 1. The molecular formula is C21H20FN5O2. The number of carbonyl (C=O) groups excluding carboxylic acids is 1. The van der Waals surface area contributed by atoms with E-state index < -0.39 is 5.82 Å². The summed E-state index contributed by atoms with van der Waals surface area (Å²) in [6.07, 6.45) is 6.21. The summed E-state index contributed by atoms with van der Waals surface area (Å²) in [4.78, 5) is 27.3. The van der Waals surface area contributed by atoms with Gasteiger partial charge < -0.3 is 15.4 Å². The molecule has 0 unspecified atom stereocenters. The molecule has 3 aromatic rings. The van der Waals surface area contributed by atoms with Crippen LogP contribution in [-0.2, 0) is 0 Å². The van der Waals surface area contributed by atoms with Crippen molar-refractivity contribution in [2.75, 3.05) is 18.8 Å². The molecule has 4 rings (SSSR count). The van der Waals surface area contributed by atoms with Crippen LogP contribution in [0.15, 0.2) is 55.0 Å². The van der Waals surface area contributed by atoms with Gasteiger partial charge in [-0.2, -0.15) is 0 Å². The minimum atomic E-state index is -0.472. The van der Waals surface area contributed by atoms with Crippen molar-refractivity contribution in [1.29, 1.82) is 0 Å². The van der Waals surface area contributed by atoms with Crippen LogP contribution in [0, 0.1) is 5.82 Å². The molecule has 0 bridgehead atoms. The summed E-state index contributed by atoms with van der Waals surface area (Å²) < 4.78 is 19.7. The monoisotopic (exact) mass is 393 g/mol. The van der Waals surface area contributed by atoms with Crippen molar-refractivity contribution in [2.24, 2.45) is 0 Å². The maximum Gasteiger partial charge on any atom is 0.255 e. The molecule has 0 spiro atoms. The summed E-state index contributed by atoms with van der Waals surface area (Å²) in [6.45, 7) is 1.11. The van der Waals surface area contributed by atoms with Gasteiger partial charge >= 0.3 is 0 Å². The van der Waals surface area contributed by atoms with Crippen LogP contribution in [-0.4, -0.2) is 38.8 Å². The number of carbonyl (C=O) groups is 1. The molecule has 2 N–H and O–H groups in total. The van der Waals surface area contributed by atoms with Gasteiger partial charge in [0, 0.05) is 37.6 Å². The number of hydrogen-bond donors (Lipinski definition) is 1. The lowest BCUT2D eigenvalue weighted by Gasteiger charge is -2.32. The summed E-state index contributed by atoms with van der Waals surface area (Å²) in [5.41, 5.74) is 6.70. The molecule has 1 fully saturated rings. The summed E-state index contributed by atoms with van der Waals surface area (Å²) >= 11 is 0. The lowest BCUT2D eigenvalue weighted by molar-refractivity contribution is 0.0704. The van der Waals surface area contributed by atoms with Gasteiger partial charge in [0.15, 0.2) is 11.6 Å². The highest BCUT2D eigenvalue weighted by Gasteiger charge is 2.29. The van der Waals surface area contributed by atoms with E-state index in [1.165, 1.54) is 18.5 Å². The number of piperidine rings is 1. The minimum Gasteiger partial charge on any atom is -0.434 e. The first-order valence-electron chi connectivity index (χ1n) is 9.36. The van der Waals surface area contributed by atoms with Crippen molar-refractivity contribution in [3.05, 3.63) is 72.1 Å². The van der Waals surface area contributed by atoms with Crippen molar-refractivity contribution in [1.82, 2.24) is 19.9 Å². The predicted molar refractivity (Wildman–Crippen MR) is 105 cm³/mol. The number of para-hydroxylation sites is 1. The Bertz CT molecular complexity index is 1010. The number of ether oxygens (including phenoxy) is 1. The van der Waals surface area contributed by atoms with E-state index in [0.29, 0.717) is 30.2 Å². The van der Waals surface area contributed by atoms with E-state index in [9.17, 15) is 9.18 Å². The Morgan fingerprint density at radius 1 is 1.14 bits per heavy atom. The van der Waals surface area contributed by atoms with Crippen LogP contribution in [0.4, 0.5) is 10.2 Å². The molecule has 1 aliphatic heterocycles. The van der Waals surface area contributed by atoms with Crippen LogP contribution in [0.1, 0.15) is 34.8 Å². The number of likely N-dealkylation sites (tertiary alicyclic amines) is 1. The van der Waals surface area contributed by atoms with Gasteiger partial charge in [-0.3, -0.25) is 9.78 Å². The number of aromatic nitrogens is 3. The van der Waals surface area contributed by atoms with Gasteiger partial charge in [0.25, 0.3) is 5.91 Å². The zero-order valence-corrected chi connectivity index (χ0v) is 15.7. The molecular weight excluding hydrogens is 373 g/mol. The molecule has 1 saturated heterocycles. The Hall–Kier alpha value is -3.55. The molecule has 2 aromatic heterocycles. The first-order chi connectivity index (χ1) is 14.1.